The Kier molecular flexibility index (Phi) is 7.13. The van der Waals surface area contributed by atoms with Crippen LogP contribution in [0.2, 0.25) is 0 Å². The van der Waals surface area contributed by atoms with Gasteiger partial charge in [-0.15, -0.1) is 4.91 Å². The second kappa shape index (κ2) is 8.60. The molecule has 0 spiro atoms. The van der Waals surface area contributed by atoms with Crippen LogP contribution >= 0.6 is 11.9 Å². The summed E-state index contributed by atoms with van der Waals surface area (Å²) in [5.41, 5.74) is 0. The monoisotopic (exact) mass is 317 g/mol. The molecule has 0 aliphatic carbocycles. The summed E-state index contributed by atoms with van der Waals surface area (Å²) in [6.45, 7) is 3.66. The lowest BCUT2D eigenvalue weighted by atomic mass is 10.2. The third-order valence-electron chi connectivity index (χ3n) is 3.06. The first kappa shape index (κ1) is 17.4. The van der Waals surface area contributed by atoms with Crippen LogP contribution in [0.1, 0.15) is 26.7 Å². The van der Waals surface area contributed by atoms with Crippen molar-refractivity contribution in [1.29, 1.82) is 0 Å². The summed E-state index contributed by atoms with van der Waals surface area (Å²) >= 11 is 0.656. The van der Waals surface area contributed by atoms with E-state index in [0.717, 1.165) is 0 Å². The molecule has 8 nitrogen and oxygen atoms in total. The van der Waals surface area contributed by atoms with E-state index in [9.17, 15) is 19.3 Å². The van der Waals surface area contributed by atoms with Gasteiger partial charge in [0.15, 0.2) is 0 Å². The van der Waals surface area contributed by atoms with Gasteiger partial charge in [-0.25, -0.2) is 4.79 Å². The topological polar surface area (TPSA) is 105 Å². The number of nitroso groups, excluding NO2 is 1. The SMILES string of the molecule is CCOC(=O)C1CCCN1C(=O)C(CSN=O)NC(C)=O. The summed E-state index contributed by atoms with van der Waals surface area (Å²) in [6, 6.07) is -1.50. The van der Waals surface area contributed by atoms with Crippen molar-refractivity contribution in [3.63, 3.8) is 0 Å². The number of ether oxygens (including phenoxy) is 1. The van der Waals surface area contributed by atoms with Gasteiger partial charge in [-0.3, -0.25) is 9.59 Å². The lowest BCUT2D eigenvalue weighted by Crippen LogP contribution is -2.52. The van der Waals surface area contributed by atoms with Gasteiger partial charge in [0.1, 0.15) is 12.1 Å². The van der Waals surface area contributed by atoms with E-state index in [0.29, 0.717) is 31.3 Å². The maximum Gasteiger partial charge on any atom is 0.328 e. The molecule has 118 valence electrons. The molecule has 1 heterocycles. The van der Waals surface area contributed by atoms with Gasteiger partial charge in [-0.05, 0) is 19.8 Å². The minimum absolute atomic E-state index is 0.0357. The van der Waals surface area contributed by atoms with E-state index in [1.807, 2.05) is 0 Å². The molecule has 1 fully saturated rings. The zero-order valence-corrected chi connectivity index (χ0v) is 12.9. The van der Waals surface area contributed by atoms with E-state index in [-0.39, 0.29) is 18.3 Å². The maximum absolute atomic E-state index is 12.5. The molecule has 21 heavy (non-hydrogen) atoms. The van der Waals surface area contributed by atoms with Crippen molar-refractivity contribution in [2.75, 3.05) is 18.9 Å². The number of likely N-dealkylation sites (tertiary alicyclic amines) is 1. The highest BCUT2D eigenvalue weighted by Gasteiger charge is 2.38. The summed E-state index contributed by atoms with van der Waals surface area (Å²) in [6.07, 6.45) is 1.23. The van der Waals surface area contributed by atoms with Crippen LogP contribution in [0.3, 0.4) is 0 Å². The Balaban J connectivity index is 2.77. The first-order chi connectivity index (χ1) is 10.0. The van der Waals surface area contributed by atoms with Crippen LogP contribution in [0, 0.1) is 4.91 Å². The molecule has 0 aromatic heterocycles. The Bertz CT molecular complexity index is 418. The lowest BCUT2D eigenvalue weighted by molar-refractivity contribution is -0.153. The van der Waals surface area contributed by atoms with Crippen LogP contribution in [0.15, 0.2) is 4.58 Å². The molecule has 1 N–H and O–H groups in total. The van der Waals surface area contributed by atoms with E-state index in [4.69, 9.17) is 4.74 Å². The molecule has 1 rings (SSSR count). The van der Waals surface area contributed by atoms with E-state index in [1.165, 1.54) is 11.8 Å². The van der Waals surface area contributed by atoms with E-state index >= 15 is 0 Å². The number of hydrogen-bond donors (Lipinski definition) is 1. The third-order valence-corrected chi connectivity index (χ3v) is 3.65. The van der Waals surface area contributed by atoms with E-state index in [2.05, 4.69) is 9.90 Å². The quantitative estimate of drug-likeness (QED) is 0.415. The van der Waals surface area contributed by atoms with Gasteiger partial charge in [0, 0.05) is 35.8 Å². The summed E-state index contributed by atoms with van der Waals surface area (Å²) in [7, 11) is 0. The van der Waals surface area contributed by atoms with Crippen LogP contribution in [-0.4, -0.2) is 53.7 Å². The van der Waals surface area contributed by atoms with Crippen molar-refractivity contribution < 1.29 is 19.1 Å². The number of nitrogens with one attached hydrogen (secondary N) is 1. The lowest BCUT2D eigenvalue weighted by Gasteiger charge is -2.27. The fraction of sp³-hybridized carbons (Fsp3) is 0.750. The number of nitrogens with zero attached hydrogens (tertiary/aromatic N) is 2. The van der Waals surface area contributed by atoms with Crippen LogP contribution in [-0.2, 0) is 19.1 Å². The van der Waals surface area contributed by atoms with Crippen LogP contribution < -0.4 is 5.32 Å². The Morgan fingerprint density at radius 2 is 2.19 bits per heavy atom. The zero-order chi connectivity index (χ0) is 15.8. The Morgan fingerprint density at radius 1 is 1.48 bits per heavy atom. The fourth-order valence-corrected chi connectivity index (χ4v) is 2.68. The van der Waals surface area contributed by atoms with Gasteiger partial charge in [0.2, 0.25) is 11.8 Å². The average molecular weight is 317 g/mol. The van der Waals surface area contributed by atoms with Gasteiger partial charge in [-0.2, -0.15) is 0 Å². The maximum atomic E-state index is 12.5. The molecule has 1 saturated heterocycles. The summed E-state index contributed by atoms with van der Waals surface area (Å²) in [5, 5.41) is 2.48. The fourth-order valence-electron chi connectivity index (χ4n) is 2.24. The van der Waals surface area contributed by atoms with Crippen molar-refractivity contribution in [3.8, 4) is 0 Å². The number of carbonyl (C=O) groups is 3. The Labute approximate surface area is 127 Å². The third kappa shape index (κ3) is 5.00. The molecule has 0 radical (unpaired) electrons. The first-order valence-electron chi connectivity index (χ1n) is 6.70. The number of amides is 2. The number of hydrogen-bond acceptors (Lipinski definition) is 7. The highest BCUT2D eigenvalue weighted by molar-refractivity contribution is 7.97. The van der Waals surface area contributed by atoms with Gasteiger partial charge in [0.25, 0.3) is 0 Å². The summed E-state index contributed by atoms with van der Waals surface area (Å²) in [5.74, 6) is -1.18. The van der Waals surface area contributed by atoms with Crippen LogP contribution in [0.5, 0.6) is 0 Å². The summed E-state index contributed by atoms with van der Waals surface area (Å²) < 4.78 is 7.58. The second-order valence-corrected chi connectivity index (χ2v) is 5.31. The highest BCUT2D eigenvalue weighted by atomic mass is 32.2. The molecule has 2 atom stereocenters. The van der Waals surface area contributed by atoms with Crippen molar-refractivity contribution >= 4 is 29.7 Å². The van der Waals surface area contributed by atoms with Crippen molar-refractivity contribution in [1.82, 2.24) is 10.2 Å². The zero-order valence-electron chi connectivity index (χ0n) is 12.0. The first-order valence-corrected chi connectivity index (χ1v) is 7.64. The van der Waals surface area contributed by atoms with Gasteiger partial charge < -0.3 is 15.0 Å². The smallest absolute Gasteiger partial charge is 0.328 e. The van der Waals surface area contributed by atoms with Crippen molar-refractivity contribution in [2.45, 2.75) is 38.8 Å². The standard InChI is InChI=1S/C12H19N3O5S/c1-3-20-12(18)10-5-4-6-15(10)11(17)9(7-21-14-19)13-8(2)16/h9-10H,3-7H2,1-2H3,(H,13,16). The molecule has 9 heteroatoms. The highest BCUT2D eigenvalue weighted by Crippen LogP contribution is 2.20. The predicted molar refractivity (Wildman–Crippen MR) is 77.2 cm³/mol. The molecule has 2 amide bonds. The molecular weight excluding hydrogens is 298 g/mol. The normalized spacial score (nSPS) is 19.0. The number of carbonyl (C=O) groups excluding carboxylic acids is 3. The van der Waals surface area contributed by atoms with Crippen molar-refractivity contribution in [3.05, 3.63) is 4.91 Å². The molecule has 0 bridgehead atoms. The van der Waals surface area contributed by atoms with Gasteiger partial charge in [0.05, 0.1) is 6.61 Å². The molecule has 0 saturated carbocycles. The van der Waals surface area contributed by atoms with Gasteiger partial charge >= 0.3 is 5.97 Å². The molecule has 1 aliphatic heterocycles. The van der Waals surface area contributed by atoms with E-state index < -0.39 is 24.0 Å². The number of rotatable bonds is 7. The average Bonchev–Trinajstić information content (AvgIpc) is 2.92. The molecule has 1 aliphatic rings. The Hall–Kier alpha value is -1.64. The predicted octanol–water partition coefficient (Wildman–Crippen LogP) is 0.460. The summed E-state index contributed by atoms with van der Waals surface area (Å²) in [4.78, 5) is 47.1. The van der Waals surface area contributed by atoms with E-state index in [1.54, 1.807) is 6.92 Å². The van der Waals surface area contributed by atoms with Crippen molar-refractivity contribution in [2.24, 2.45) is 4.58 Å². The Morgan fingerprint density at radius 3 is 2.76 bits per heavy atom. The number of esters is 1. The minimum atomic E-state index is -0.875. The molecular formula is C12H19N3O5S. The minimum Gasteiger partial charge on any atom is -0.464 e. The largest absolute Gasteiger partial charge is 0.464 e. The van der Waals surface area contributed by atoms with Crippen LogP contribution in [0.4, 0.5) is 0 Å². The molecule has 0 aromatic carbocycles. The molecule has 2 unspecified atom stereocenters. The van der Waals surface area contributed by atoms with Gasteiger partial charge in [-0.1, -0.05) is 0 Å². The second-order valence-electron chi connectivity index (χ2n) is 4.57. The molecule has 0 aromatic rings. The van der Waals surface area contributed by atoms with Crippen LogP contribution in [0.25, 0.3) is 0 Å².